The number of likely N-dealkylation sites (N-methyl/N-ethyl adjacent to an activating group) is 1. The summed E-state index contributed by atoms with van der Waals surface area (Å²) in [4.78, 5) is 15.1. The largest absolute Gasteiger partial charge is 0.493 e. The molecule has 1 saturated carbocycles. The Bertz CT molecular complexity index is 998. The number of carbonyl (C=O) groups is 1. The molecule has 2 aromatic rings. The van der Waals surface area contributed by atoms with Crippen molar-refractivity contribution in [2.75, 3.05) is 33.1 Å². The minimum absolute atomic E-state index is 0.0752. The predicted molar refractivity (Wildman–Crippen MR) is 131 cm³/mol. The van der Waals surface area contributed by atoms with Gasteiger partial charge in [0.2, 0.25) is 0 Å². The van der Waals surface area contributed by atoms with Crippen molar-refractivity contribution < 1.29 is 14.3 Å². The van der Waals surface area contributed by atoms with E-state index in [-0.39, 0.29) is 17.5 Å². The number of carbonyl (C=O) groups excluding carboxylic acids is 1. The Kier molecular flexibility index (Phi) is 6.67. The van der Waals surface area contributed by atoms with Gasteiger partial charge in [0, 0.05) is 27.7 Å². The standard InChI is InChI=1S/C25H32BrN3O3/c1-16-13-18(6-7-20(16)26)27-24(30)28-19-9-10-25(11-12-29(2)23(25)15-19)17-5-8-21(31-3)22(14-17)32-4/h5-8,13-14,19,23H,9-12,15H2,1-4H3,(H2,27,28,30)/t19-,23+,25-/m0/s1. The second-order valence-electron chi connectivity index (χ2n) is 9.01. The first kappa shape index (κ1) is 22.9. The molecule has 0 unspecified atom stereocenters. The molecule has 0 spiro atoms. The first-order chi connectivity index (χ1) is 15.4. The van der Waals surface area contributed by atoms with E-state index in [0.717, 1.165) is 59.5 Å². The summed E-state index contributed by atoms with van der Waals surface area (Å²) in [6.07, 6.45) is 4.02. The lowest BCUT2D eigenvalue weighted by Gasteiger charge is -2.45. The molecule has 1 aliphatic carbocycles. The van der Waals surface area contributed by atoms with Crippen LogP contribution in [0.25, 0.3) is 0 Å². The average molecular weight is 502 g/mol. The number of urea groups is 1. The van der Waals surface area contributed by atoms with Crippen LogP contribution >= 0.6 is 15.9 Å². The van der Waals surface area contributed by atoms with Gasteiger partial charge < -0.3 is 25.0 Å². The number of rotatable bonds is 5. The van der Waals surface area contributed by atoms with Crippen molar-refractivity contribution in [2.24, 2.45) is 0 Å². The zero-order valence-electron chi connectivity index (χ0n) is 19.2. The van der Waals surface area contributed by atoms with Crippen LogP contribution in [0.3, 0.4) is 0 Å². The van der Waals surface area contributed by atoms with E-state index < -0.39 is 0 Å². The lowest BCUT2D eigenvalue weighted by molar-refractivity contribution is 0.156. The molecular weight excluding hydrogens is 470 g/mol. The zero-order valence-corrected chi connectivity index (χ0v) is 20.8. The first-order valence-electron chi connectivity index (χ1n) is 11.1. The Labute approximate surface area is 198 Å². The van der Waals surface area contributed by atoms with Crippen LogP contribution in [-0.4, -0.2) is 50.8 Å². The SMILES string of the molecule is COc1ccc([C@@]23CC[C@H](NC(=O)Nc4ccc(Br)c(C)c4)C[C@H]2N(C)CC3)cc1OC. The summed E-state index contributed by atoms with van der Waals surface area (Å²) < 4.78 is 12.1. The van der Waals surface area contributed by atoms with Crippen LogP contribution in [0.2, 0.25) is 0 Å². The quantitative estimate of drug-likeness (QED) is 0.598. The fraction of sp³-hybridized carbons (Fsp3) is 0.480. The third-order valence-corrected chi connectivity index (χ3v) is 8.13. The van der Waals surface area contributed by atoms with Crippen molar-refractivity contribution in [1.82, 2.24) is 10.2 Å². The Balaban J connectivity index is 1.47. The minimum Gasteiger partial charge on any atom is -0.493 e. The van der Waals surface area contributed by atoms with Crippen LogP contribution in [0.15, 0.2) is 40.9 Å². The summed E-state index contributed by atoms with van der Waals surface area (Å²) in [6.45, 7) is 3.06. The van der Waals surface area contributed by atoms with Gasteiger partial charge in [0.25, 0.3) is 0 Å². The highest BCUT2D eigenvalue weighted by Gasteiger charge is 2.50. The van der Waals surface area contributed by atoms with E-state index in [0.29, 0.717) is 6.04 Å². The van der Waals surface area contributed by atoms with E-state index in [2.05, 4.69) is 50.6 Å². The molecule has 0 bridgehead atoms. The molecule has 2 N–H and O–H groups in total. The van der Waals surface area contributed by atoms with E-state index in [1.165, 1.54) is 5.56 Å². The smallest absolute Gasteiger partial charge is 0.319 e. The van der Waals surface area contributed by atoms with E-state index in [1.807, 2.05) is 31.2 Å². The van der Waals surface area contributed by atoms with Gasteiger partial charge in [0.15, 0.2) is 11.5 Å². The van der Waals surface area contributed by atoms with Gasteiger partial charge in [-0.2, -0.15) is 0 Å². The highest BCUT2D eigenvalue weighted by molar-refractivity contribution is 9.10. The summed E-state index contributed by atoms with van der Waals surface area (Å²) in [5.41, 5.74) is 3.27. The van der Waals surface area contributed by atoms with Gasteiger partial charge in [0.1, 0.15) is 0 Å². The first-order valence-corrected chi connectivity index (χ1v) is 11.9. The summed E-state index contributed by atoms with van der Waals surface area (Å²) in [5.74, 6) is 1.53. The van der Waals surface area contributed by atoms with Crippen molar-refractivity contribution in [2.45, 2.75) is 50.1 Å². The molecule has 7 heteroatoms. The van der Waals surface area contributed by atoms with Gasteiger partial charge in [-0.05, 0) is 87.7 Å². The number of hydrogen-bond donors (Lipinski definition) is 2. The number of anilines is 1. The molecule has 0 radical (unpaired) electrons. The molecule has 6 nitrogen and oxygen atoms in total. The van der Waals surface area contributed by atoms with E-state index >= 15 is 0 Å². The summed E-state index contributed by atoms with van der Waals surface area (Å²) in [5, 5.41) is 6.19. The third-order valence-electron chi connectivity index (χ3n) is 7.24. The van der Waals surface area contributed by atoms with E-state index in [9.17, 15) is 4.79 Å². The molecule has 172 valence electrons. The highest BCUT2D eigenvalue weighted by Crippen LogP contribution is 2.49. The maximum atomic E-state index is 12.7. The third kappa shape index (κ3) is 4.33. The minimum atomic E-state index is -0.143. The van der Waals surface area contributed by atoms with Crippen LogP contribution in [0, 0.1) is 6.92 Å². The van der Waals surface area contributed by atoms with Gasteiger partial charge in [-0.1, -0.05) is 22.0 Å². The van der Waals surface area contributed by atoms with Crippen molar-refractivity contribution in [3.63, 3.8) is 0 Å². The summed E-state index contributed by atoms with van der Waals surface area (Å²) in [6, 6.07) is 12.5. The fourth-order valence-electron chi connectivity index (χ4n) is 5.47. The Morgan fingerprint density at radius 2 is 1.91 bits per heavy atom. The molecule has 1 saturated heterocycles. The van der Waals surface area contributed by atoms with E-state index in [4.69, 9.17) is 9.47 Å². The van der Waals surface area contributed by atoms with Crippen LogP contribution in [0.4, 0.5) is 10.5 Å². The molecule has 1 aliphatic heterocycles. The van der Waals surface area contributed by atoms with Gasteiger partial charge in [-0.15, -0.1) is 0 Å². The number of fused-ring (bicyclic) bond motifs is 1. The fourth-order valence-corrected chi connectivity index (χ4v) is 5.72. The number of nitrogens with zero attached hydrogens (tertiary/aromatic N) is 1. The Morgan fingerprint density at radius 3 is 2.62 bits per heavy atom. The predicted octanol–water partition coefficient (Wildman–Crippen LogP) is 5.09. The lowest BCUT2D eigenvalue weighted by atomic mass is 9.65. The van der Waals surface area contributed by atoms with Crippen LogP contribution in [0.1, 0.15) is 36.8 Å². The number of likely N-dealkylation sites (tertiary alicyclic amines) is 1. The molecule has 4 rings (SSSR count). The molecule has 3 atom stereocenters. The average Bonchev–Trinajstić information content (AvgIpc) is 3.13. The lowest BCUT2D eigenvalue weighted by Crippen LogP contribution is -2.52. The number of methoxy groups -OCH3 is 2. The second-order valence-corrected chi connectivity index (χ2v) is 9.86. The number of nitrogens with one attached hydrogen (secondary N) is 2. The van der Waals surface area contributed by atoms with Crippen molar-refractivity contribution >= 4 is 27.6 Å². The number of benzene rings is 2. The molecule has 2 aromatic carbocycles. The van der Waals surface area contributed by atoms with Crippen LogP contribution < -0.4 is 20.1 Å². The molecule has 32 heavy (non-hydrogen) atoms. The maximum Gasteiger partial charge on any atom is 0.319 e. The molecule has 0 aromatic heterocycles. The van der Waals surface area contributed by atoms with Crippen LogP contribution in [-0.2, 0) is 5.41 Å². The van der Waals surface area contributed by atoms with Crippen molar-refractivity contribution in [3.05, 3.63) is 52.0 Å². The molecule has 2 amide bonds. The zero-order chi connectivity index (χ0) is 22.9. The number of aryl methyl sites for hydroxylation is 1. The van der Waals surface area contributed by atoms with Gasteiger partial charge in [-0.25, -0.2) is 4.79 Å². The highest BCUT2D eigenvalue weighted by atomic mass is 79.9. The number of amides is 2. The summed E-state index contributed by atoms with van der Waals surface area (Å²) >= 11 is 3.50. The monoisotopic (exact) mass is 501 g/mol. The topological polar surface area (TPSA) is 62.8 Å². The molecule has 2 aliphatic rings. The van der Waals surface area contributed by atoms with E-state index in [1.54, 1.807) is 14.2 Å². The normalized spacial score (nSPS) is 25.2. The second kappa shape index (κ2) is 9.32. The summed E-state index contributed by atoms with van der Waals surface area (Å²) in [7, 11) is 5.55. The van der Waals surface area contributed by atoms with Crippen molar-refractivity contribution in [3.8, 4) is 11.5 Å². The molecule has 1 heterocycles. The van der Waals surface area contributed by atoms with Gasteiger partial charge in [-0.3, -0.25) is 0 Å². The van der Waals surface area contributed by atoms with Gasteiger partial charge >= 0.3 is 6.03 Å². The van der Waals surface area contributed by atoms with Gasteiger partial charge in [0.05, 0.1) is 14.2 Å². The number of ether oxygens (including phenoxy) is 2. The maximum absolute atomic E-state index is 12.7. The Hall–Kier alpha value is -2.25. The Morgan fingerprint density at radius 1 is 1.12 bits per heavy atom. The van der Waals surface area contributed by atoms with Crippen molar-refractivity contribution in [1.29, 1.82) is 0 Å². The number of halogens is 1. The van der Waals surface area contributed by atoms with Crippen LogP contribution in [0.5, 0.6) is 11.5 Å². The number of hydrogen-bond acceptors (Lipinski definition) is 4. The molecular formula is C25H32BrN3O3. The molecule has 2 fully saturated rings.